The van der Waals surface area contributed by atoms with Crippen molar-refractivity contribution in [2.24, 2.45) is 5.92 Å². The van der Waals surface area contributed by atoms with Gasteiger partial charge >= 0.3 is 0 Å². The number of hydrogen-bond donors (Lipinski definition) is 1. The number of fused-ring (bicyclic) bond motifs is 3. The molecule has 0 aromatic heterocycles. The van der Waals surface area contributed by atoms with Crippen molar-refractivity contribution < 1.29 is 13.2 Å². The molecular weight excluding hydrogens is 348 g/mol. The predicted molar refractivity (Wildman–Crippen MR) is 101 cm³/mol. The topological polar surface area (TPSA) is 66.5 Å². The maximum absolute atomic E-state index is 12.6. The molecule has 2 aliphatic rings. The molecule has 0 bridgehead atoms. The summed E-state index contributed by atoms with van der Waals surface area (Å²) >= 11 is 0. The molecule has 2 heterocycles. The molecule has 2 aromatic carbocycles. The van der Waals surface area contributed by atoms with Gasteiger partial charge in [-0.1, -0.05) is 30.3 Å². The van der Waals surface area contributed by atoms with Gasteiger partial charge in [0, 0.05) is 42.9 Å². The van der Waals surface area contributed by atoms with E-state index in [0.717, 1.165) is 24.2 Å². The molecule has 6 heteroatoms. The molecule has 5 nitrogen and oxygen atoms in total. The average Bonchev–Trinajstić information content (AvgIpc) is 2.93. The molecule has 136 valence electrons. The maximum atomic E-state index is 12.6. The maximum Gasteiger partial charge on any atom is 0.251 e. The summed E-state index contributed by atoms with van der Waals surface area (Å²) in [6.45, 7) is 2.59. The lowest BCUT2D eigenvalue weighted by Crippen LogP contribution is -2.29. The minimum absolute atomic E-state index is 0.0734. The Morgan fingerprint density at radius 3 is 2.62 bits per heavy atom. The summed E-state index contributed by atoms with van der Waals surface area (Å²) in [4.78, 5) is 15.2. The Labute approximate surface area is 153 Å². The van der Waals surface area contributed by atoms with Crippen molar-refractivity contribution in [3.8, 4) is 11.1 Å². The van der Waals surface area contributed by atoms with Crippen LogP contribution in [0.15, 0.2) is 47.4 Å². The van der Waals surface area contributed by atoms with Gasteiger partial charge in [-0.25, -0.2) is 8.42 Å². The molecule has 2 atom stereocenters. The second-order valence-corrected chi connectivity index (χ2v) is 9.35. The van der Waals surface area contributed by atoms with Gasteiger partial charge in [0.15, 0.2) is 9.84 Å². The van der Waals surface area contributed by atoms with Gasteiger partial charge in [0.25, 0.3) is 5.91 Å². The van der Waals surface area contributed by atoms with Crippen molar-refractivity contribution in [3.63, 3.8) is 0 Å². The molecule has 4 rings (SSSR count). The quantitative estimate of drug-likeness (QED) is 0.880. The van der Waals surface area contributed by atoms with E-state index in [9.17, 15) is 13.2 Å². The number of nitrogens with zero attached hydrogens (tertiary/aromatic N) is 1. The van der Waals surface area contributed by atoms with Crippen LogP contribution >= 0.6 is 0 Å². The predicted octanol–water partition coefficient (Wildman–Crippen LogP) is 2.15. The van der Waals surface area contributed by atoms with E-state index in [-0.39, 0.29) is 10.8 Å². The van der Waals surface area contributed by atoms with Gasteiger partial charge in [-0.2, -0.15) is 0 Å². The molecule has 0 aliphatic carbocycles. The first-order chi connectivity index (χ1) is 12.3. The van der Waals surface area contributed by atoms with Gasteiger partial charge in [0.2, 0.25) is 0 Å². The fourth-order valence-corrected chi connectivity index (χ4v) is 5.15. The van der Waals surface area contributed by atoms with Gasteiger partial charge in [0.1, 0.15) is 0 Å². The van der Waals surface area contributed by atoms with Gasteiger partial charge in [-0.15, -0.1) is 0 Å². The van der Waals surface area contributed by atoms with Gasteiger partial charge in [-0.05, 0) is 36.2 Å². The highest BCUT2D eigenvalue weighted by Gasteiger charge is 2.36. The molecule has 0 radical (unpaired) electrons. The summed E-state index contributed by atoms with van der Waals surface area (Å²) in [5.74, 6) is 0.670. The Bertz CT molecular complexity index is 984. The number of carbonyl (C=O) groups excluding carboxylic acids is 1. The lowest BCUT2D eigenvalue weighted by Gasteiger charge is -2.17. The van der Waals surface area contributed by atoms with Crippen molar-refractivity contribution in [2.45, 2.75) is 10.8 Å². The molecule has 0 saturated carbocycles. The number of hydrogen-bond acceptors (Lipinski definition) is 4. The SMILES string of the molecule is CN1C[C@@H]2CNC(=O)c3cc(-c4ccccc4S(C)(=O)=O)ccc3[C@H]2C1. The van der Waals surface area contributed by atoms with E-state index in [0.29, 0.717) is 29.5 Å². The molecule has 0 unspecified atom stereocenters. The molecule has 1 saturated heterocycles. The molecule has 1 amide bonds. The van der Waals surface area contributed by atoms with Crippen LogP contribution in [0.25, 0.3) is 11.1 Å². The fourth-order valence-electron chi connectivity index (χ4n) is 4.24. The summed E-state index contributed by atoms with van der Waals surface area (Å²) in [6, 6.07) is 12.7. The van der Waals surface area contributed by atoms with Crippen molar-refractivity contribution in [1.29, 1.82) is 0 Å². The van der Waals surface area contributed by atoms with Crippen LogP contribution in [0.3, 0.4) is 0 Å². The first-order valence-electron chi connectivity index (χ1n) is 8.75. The van der Waals surface area contributed by atoms with E-state index in [2.05, 4.69) is 17.3 Å². The minimum Gasteiger partial charge on any atom is -0.352 e. The minimum atomic E-state index is -3.35. The Hall–Kier alpha value is -2.18. The van der Waals surface area contributed by atoms with E-state index in [1.54, 1.807) is 18.2 Å². The number of nitrogens with one attached hydrogen (secondary N) is 1. The van der Waals surface area contributed by atoms with Crippen LogP contribution in [0, 0.1) is 5.92 Å². The van der Waals surface area contributed by atoms with Crippen LogP contribution < -0.4 is 5.32 Å². The average molecular weight is 370 g/mol. The molecule has 1 fully saturated rings. The molecular formula is C20H22N2O3S. The van der Waals surface area contributed by atoms with Gasteiger partial charge in [-0.3, -0.25) is 4.79 Å². The van der Waals surface area contributed by atoms with Crippen LogP contribution in [-0.4, -0.2) is 52.2 Å². The zero-order valence-corrected chi connectivity index (χ0v) is 15.7. The number of rotatable bonds is 2. The molecule has 2 aromatic rings. The normalized spacial score (nSPS) is 23.1. The van der Waals surface area contributed by atoms with Crippen LogP contribution in [0.4, 0.5) is 0 Å². The van der Waals surface area contributed by atoms with Crippen molar-refractivity contribution in [1.82, 2.24) is 10.2 Å². The smallest absolute Gasteiger partial charge is 0.251 e. The Morgan fingerprint density at radius 2 is 1.85 bits per heavy atom. The first-order valence-corrected chi connectivity index (χ1v) is 10.6. The van der Waals surface area contributed by atoms with Crippen LogP contribution in [0.1, 0.15) is 21.8 Å². The summed E-state index contributed by atoms with van der Waals surface area (Å²) < 4.78 is 24.3. The molecule has 0 spiro atoms. The second-order valence-electron chi connectivity index (χ2n) is 7.37. The second kappa shape index (κ2) is 6.21. The zero-order valence-electron chi connectivity index (χ0n) is 14.9. The monoisotopic (exact) mass is 370 g/mol. The zero-order chi connectivity index (χ0) is 18.5. The van der Waals surface area contributed by atoms with Crippen molar-refractivity contribution >= 4 is 15.7 Å². The van der Waals surface area contributed by atoms with E-state index in [4.69, 9.17) is 0 Å². The standard InChI is InChI=1S/C20H22N2O3S/c1-22-11-14-10-21-20(23)17-9-13(7-8-16(17)18(14)12-22)15-5-3-4-6-19(15)26(2,24)25/h3-9,14,18H,10-12H2,1-2H3,(H,21,23)/t14-,18-/m0/s1. The van der Waals surface area contributed by atoms with Crippen LogP contribution in [0.5, 0.6) is 0 Å². The summed E-state index contributed by atoms with van der Waals surface area (Å²) in [7, 11) is -1.25. The number of likely N-dealkylation sites (N-methyl/N-ethyl adjacent to an activating group) is 1. The summed E-state index contributed by atoms with van der Waals surface area (Å²) in [6.07, 6.45) is 1.21. The van der Waals surface area contributed by atoms with Crippen molar-refractivity contribution in [2.75, 3.05) is 32.9 Å². The number of amides is 1. The first kappa shape index (κ1) is 17.2. The van der Waals surface area contributed by atoms with Gasteiger partial charge in [0.05, 0.1) is 4.90 Å². The van der Waals surface area contributed by atoms with E-state index in [1.165, 1.54) is 6.26 Å². The number of carbonyl (C=O) groups is 1. The van der Waals surface area contributed by atoms with E-state index in [1.807, 2.05) is 24.3 Å². The summed E-state index contributed by atoms with van der Waals surface area (Å²) in [5, 5.41) is 3.03. The Balaban J connectivity index is 1.85. The highest BCUT2D eigenvalue weighted by molar-refractivity contribution is 7.90. The van der Waals surface area contributed by atoms with Crippen LogP contribution in [-0.2, 0) is 9.84 Å². The van der Waals surface area contributed by atoms with Crippen LogP contribution in [0.2, 0.25) is 0 Å². The highest BCUT2D eigenvalue weighted by Crippen LogP contribution is 2.37. The molecule has 1 N–H and O–H groups in total. The lowest BCUT2D eigenvalue weighted by molar-refractivity contribution is 0.0951. The Kier molecular flexibility index (Phi) is 4.12. The number of likely N-dealkylation sites (tertiary alicyclic amines) is 1. The summed E-state index contributed by atoms with van der Waals surface area (Å²) in [5.41, 5.74) is 3.11. The highest BCUT2D eigenvalue weighted by atomic mass is 32.2. The fraction of sp³-hybridized carbons (Fsp3) is 0.350. The van der Waals surface area contributed by atoms with Crippen molar-refractivity contribution in [3.05, 3.63) is 53.6 Å². The van der Waals surface area contributed by atoms with Gasteiger partial charge < -0.3 is 10.2 Å². The van der Waals surface area contributed by atoms with E-state index >= 15 is 0 Å². The lowest BCUT2D eigenvalue weighted by atomic mass is 9.86. The number of benzene rings is 2. The third-order valence-corrected chi connectivity index (χ3v) is 6.60. The number of sulfone groups is 1. The van der Waals surface area contributed by atoms with E-state index < -0.39 is 9.84 Å². The third-order valence-electron chi connectivity index (χ3n) is 5.44. The largest absolute Gasteiger partial charge is 0.352 e. The molecule has 26 heavy (non-hydrogen) atoms. The molecule has 2 aliphatic heterocycles. The third kappa shape index (κ3) is 2.93. The Morgan fingerprint density at radius 1 is 1.08 bits per heavy atom.